The number of carbonyl (C=O) groups is 1. The van der Waals surface area contributed by atoms with Crippen molar-refractivity contribution in [2.24, 2.45) is 11.6 Å². The largest absolute Gasteiger partial charge is 0.496 e. The van der Waals surface area contributed by atoms with Crippen LogP contribution in [0.5, 0.6) is 11.5 Å². The van der Waals surface area contributed by atoms with Gasteiger partial charge < -0.3 is 25.9 Å². The van der Waals surface area contributed by atoms with Crippen molar-refractivity contribution in [1.29, 1.82) is 0 Å². The highest BCUT2D eigenvalue weighted by Crippen LogP contribution is 2.35. The first-order valence-corrected chi connectivity index (χ1v) is 11.4. The normalized spacial score (nSPS) is 11.2. The van der Waals surface area contributed by atoms with Crippen LogP contribution in [0.4, 0.5) is 4.39 Å². The lowest BCUT2D eigenvalue weighted by Gasteiger charge is -2.13. The van der Waals surface area contributed by atoms with Gasteiger partial charge >= 0.3 is 0 Å². The van der Waals surface area contributed by atoms with Crippen LogP contribution in [-0.4, -0.2) is 31.7 Å². The van der Waals surface area contributed by atoms with Gasteiger partial charge in [-0.25, -0.2) is 9.37 Å². The molecule has 3 aromatic rings. The third-order valence-corrected chi connectivity index (χ3v) is 5.23. The smallest absolute Gasteiger partial charge is 0.251 e. The molecule has 0 unspecified atom stereocenters. The molecule has 0 saturated heterocycles. The molecule has 6 N–H and O–H groups in total. The molecule has 35 heavy (non-hydrogen) atoms. The molecule has 2 aromatic carbocycles. The minimum atomic E-state index is -0.409. The lowest BCUT2D eigenvalue weighted by atomic mass is 10.1. The fourth-order valence-corrected chi connectivity index (χ4v) is 3.47. The third kappa shape index (κ3) is 6.83. The van der Waals surface area contributed by atoms with Crippen molar-refractivity contribution in [3.63, 3.8) is 0 Å². The Kier molecular flexibility index (Phi) is 10.3. The molecule has 3 rings (SSSR count). The van der Waals surface area contributed by atoms with Crippen molar-refractivity contribution < 1.29 is 18.7 Å². The van der Waals surface area contributed by atoms with Gasteiger partial charge in [-0.05, 0) is 50.1 Å². The number of rotatable bonds is 9. The molecule has 0 atom stereocenters. The Morgan fingerprint density at radius 1 is 1.06 bits per heavy atom. The number of hydrogen-bond acceptors (Lipinski definition) is 7. The number of nitrogens with one attached hydrogen (secondary N) is 2. The van der Waals surface area contributed by atoms with Gasteiger partial charge in [0.05, 0.1) is 25.4 Å². The number of fused-ring (bicyclic) bond motifs is 1. The van der Waals surface area contributed by atoms with Crippen LogP contribution in [-0.2, 0) is 0 Å². The van der Waals surface area contributed by atoms with Gasteiger partial charge in [-0.1, -0.05) is 13.8 Å². The van der Waals surface area contributed by atoms with E-state index in [1.807, 2.05) is 13.8 Å². The Bertz CT molecular complexity index is 1190. The van der Waals surface area contributed by atoms with Crippen molar-refractivity contribution in [2.75, 3.05) is 20.8 Å². The number of halogens is 1. The Labute approximate surface area is 205 Å². The lowest BCUT2D eigenvalue weighted by molar-refractivity contribution is 0.0953. The summed E-state index contributed by atoms with van der Waals surface area (Å²) in [4.78, 5) is 17.4. The zero-order valence-electron chi connectivity index (χ0n) is 20.9. The first-order valence-electron chi connectivity index (χ1n) is 11.4. The molecule has 1 aromatic heterocycles. The fourth-order valence-electron chi connectivity index (χ4n) is 3.47. The predicted octanol–water partition coefficient (Wildman–Crippen LogP) is 4.25. The average molecular weight is 484 g/mol. The summed E-state index contributed by atoms with van der Waals surface area (Å²) >= 11 is 0. The topological polar surface area (TPSA) is 125 Å². The first-order chi connectivity index (χ1) is 16.9. The van der Waals surface area contributed by atoms with E-state index in [0.717, 1.165) is 11.1 Å². The average Bonchev–Trinajstić information content (AvgIpc) is 2.88. The van der Waals surface area contributed by atoms with Gasteiger partial charge in [0.2, 0.25) is 0 Å². The molecular weight excluding hydrogens is 449 g/mol. The molecule has 0 aliphatic heterocycles. The second kappa shape index (κ2) is 13.1. The Morgan fingerprint density at radius 2 is 1.77 bits per heavy atom. The Balaban J connectivity index is 0.00000210. The fraction of sp³-hybridized carbons (Fsp3) is 0.308. The molecule has 0 aliphatic rings. The summed E-state index contributed by atoms with van der Waals surface area (Å²) in [6.07, 6.45) is 1.30. The second-order valence-corrected chi connectivity index (χ2v) is 7.45. The number of hydrazine groups is 1. The molecule has 8 nitrogen and oxygen atoms in total. The summed E-state index contributed by atoms with van der Waals surface area (Å²) in [7, 11) is 3.03. The molecule has 9 heteroatoms. The maximum Gasteiger partial charge on any atom is 0.251 e. The van der Waals surface area contributed by atoms with E-state index >= 15 is 0 Å². The molecule has 0 radical (unpaired) electrons. The highest BCUT2D eigenvalue weighted by molar-refractivity contribution is 5.99. The number of nitrogens with zero attached hydrogens (tertiary/aromatic N) is 1. The van der Waals surface area contributed by atoms with Crippen LogP contribution < -0.4 is 31.8 Å². The number of ether oxygens (including phenoxy) is 2. The molecule has 0 saturated carbocycles. The number of carbonyl (C=O) groups excluding carboxylic acids is 1. The standard InChI is InChI=1S/C24H28FN5O3.C2H6/c1-14(26)19(30-27)5-4-10-28-24(31)15-6-8-17-20(11-15)29-21(13-23(17)33-3)18-9-7-16(25)12-22(18)32-2;1-2/h6-9,11-13,30H,4-5,10,26-27H2,1-3H3,(H,28,31);1-2H3/b19-14-;. The maximum atomic E-state index is 13.6. The predicted molar refractivity (Wildman–Crippen MR) is 137 cm³/mol. The zero-order valence-corrected chi connectivity index (χ0v) is 20.9. The van der Waals surface area contributed by atoms with Crippen molar-refractivity contribution in [3.8, 4) is 22.8 Å². The van der Waals surface area contributed by atoms with E-state index in [9.17, 15) is 9.18 Å². The van der Waals surface area contributed by atoms with Crippen LogP contribution in [0, 0.1) is 5.82 Å². The van der Waals surface area contributed by atoms with Gasteiger partial charge in [0.25, 0.3) is 5.91 Å². The summed E-state index contributed by atoms with van der Waals surface area (Å²) in [6.45, 7) is 6.22. The van der Waals surface area contributed by atoms with Crippen LogP contribution in [0.1, 0.15) is 44.0 Å². The molecule has 1 heterocycles. The number of allylic oxidation sites excluding steroid dienone is 2. The van der Waals surface area contributed by atoms with Gasteiger partial charge in [0.15, 0.2) is 0 Å². The number of amides is 1. The summed E-state index contributed by atoms with van der Waals surface area (Å²) in [5, 5.41) is 3.64. The van der Waals surface area contributed by atoms with Gasteiger partial charge in [-0.15, -0.1) is 0 Å². The number of methoxy groups -OCH3 is 2. The van der Waals surface area contributed by atoms with E-state index in [2.05, 4.69) is 15.7 Å². The van der Waals surface area contributed by atoms with Crippen LogP contribution in [0.25, 0.3) is 22.2 Å². The molecule has 0 spiro atoms. The highest BCUT2D eigenvalue weighted by Gasteiger charge is 2.15. The van der Waals surface area contributed by atoms with Crippen LogP contribution in [0.2, 0.25) is 0 Å². The Hall–Kier alpha value is -3.85. The van der Waals surface area contributed by atoms with Crippen LogP contribution in [0.15, 0.2) is 53.9 Å². The number of nitrogens with two attached hydrogens (primary N) is 2. The van der Waals surface area contributed by atoms with Crippen molar-refractivity contribution >= 4 is 16.8 Å². The van der Waals surface area contributed by atoms with E-state index < -0.39 is 5.82 Å². The van der Waals surface area contributed by atoms with Gasteiger partial charge in [-0.3, -0.25) is 10.6 Å². The lowest BCUT2D eigenvalue weighted by Crippen LogP contribution is -2.27. The molecule has 188 valence electrons. The minimum Gasteiger partial charge on any atom is -0.496 e. The summed E-state index contributed by atoms with van der Waals surface area (Å²) in [6, 6.07) is 11.2. The van der Waals surface area contributed by atoms with E-state index in [1.165, 1.54) is 19.2 Å². The number of aromatic nitrogens is 1. The molecule has 0 bridgehead atoms. The number of hydrogen-bond donors (Lipinski definition) is 4. The van der Waals surface area contributed by atoms with Crippen molar-refractivity contribution in [1.82, 2.24) is 15.7 Å². The van der Waals surface area contributed by atoms with Gasteiger partial charge in [-0.2, -0.15) is 0 Å². The van der Waals surface area contributed by atoms with Crippen molar-refractivity contribution in [2.45, 2.75) is 33.6 Å². The molecule has 0 aliphatic carbocycles. The Morgan fingerprint density at radius 3 is 2.40 bits per heavy atom. The number of benzene rings is 2. The van der Waals surface area contributed by atoms with E-state index in [-0.39, 0.29) is 5.91 Å². The van der Waals surface area contributed by atoms with Gasteiger partial charge in [0.1, 0.15) is 17.3 Å². The molecule has 1 amide bonds. The quantitative estimate of drug-likeness (QED) is 0.204. The minimum absolute atomic E-state index is 0.224. The van der Waals surface area contributed by atoms with Crippen LogP contribution in [0.3, 0.4) is 0 Å². The first kappa shape index (κ1) is 27.4. The third-order valence-electron chi connectivity index (χ3n) is 5.23. The SMILES string of the molecule is CC.COc1cc(F)ccc1-c1cc(OC)c2ccc(C(=O)NCCC/C(NN)=C(\C)N)cc2n1. The summed E-state index contributed by atoms with van der Waals surface area (Å²) in [5.41, 5.74) is 11.9. The summed E-state index contributed by atoms with van der Waals surface area (Å²) in [5.74, 6) is 5.75. The monoisotopic (exact) mass is 483 g/mol. The second-order valence-electron chi connectivity index (χ2n) is 7.45. The van der Waals surface area contributed by atoms with E-state index in [1.54, 1.807) is 44.4 Å². The molecular formula is C26H34FN5O3. The maximum absolute atomic E-state index is 13.6. The highest BCUT2D eigenvalue weighted by atomic mass is 19.1. The van der Waals surface area contributed by atoms with Crippen LogP contribution >= 0.6 is 0 Å². The summed E-state index contributed by atoms with van der Waals surface area (Å²) < 4.78 is 24.5. The molecule has 0 fully saturated rings. The zero-order chi connectivity index (χ0) is 26.0. The number of pyridine rings is 1. The van der Waals surface area contributed by atoms with Crippen molar-refractivity contribution in [3.05, 3.63) is 65.2 Å². The van der Waals surface area contributed by atoms with Gasteiger partial charge in [0, 0.05) is 46.6 Å². The van der Waals surface area contributed by atoms with E-state index in [0.29, 0.717) is 58.9 Å². The van der Waals surface area contributed by atoms with E-state index in [4.69, 9.17) is 21.1 Å².